The zero-order valence-electron chi connectivity index (χ0n) is 18.2. The Morgan fingerprint density at radius 1 is 0.552 bits per heavy atom. The van der Waals surface area contributed by atoms with Crippen LogP contribution < -0.4 is 10.6 Å². The van der Waals surface area contributed by atoms with Gasteiger partial charge in [-0.25, -0.2) is 0 Å². The summed E-state index contributed by atoms with van der Waals surface area (Å²) in [5, 5.41) is 7.54. The predicted molar refractivity (Wildman–Crippen MR) is 128 cm³/mol. The summed E-state index contributed by atoms with van der Waals surface area (Å²) in [4.78, 5) is 0. The smallest absolute Gasteiger partial charge is 0.0875 e. The Morgan fingerprint density at radius 2 is 0.897 bits per heavy atom. The molecule has 0 aliphatic heterocycles. The molecule has 3 heteroatoms. The van der Waals surface area contributed by atoms with Gasteiger partial charge in [0.05, 0.1) is 16.4 Å². The second kappa shape index (κ2) is 8.12. The van der Waals surface area contributed by atoms with Crippen molar-refractivity contribution in [2.24, 2.45) is 0 Å². The van der Waals surface area contributed by atoms with Crippen molar-refractivity contribution in [3.8, 4) is 0 Å². The van der Waals surface area contributed by atoms with Gasteiger partial charge in [-0.3, -0.25) is 0 Å². The molecule has 29 heavy (non-hydrogen) atoms. The molecule has 3 aromatic carbocycles. The molecule has 0 saturated carbocycles. The molecule has 0 heterocycles. The van der Waals surface area contributed by atoms with Gasteiger partial charge in [0.15, 0.2) is 0 Å². The average Bonchev–Trinajstić information content (AvgIpc) is 2.64. The minimum atomic E-state index is 0.141. The maximum Gasteiger partial charge on any atom is 0.0875 e. The van der Waals surface area contributed by atoms with Crippen molar-refractivity contribution in [2.75, 3.05) is 10.6 Å². The first-order valence-electron chi connectivity index (χ1n) is 10.1. The van der Waals surface area contributed by atoms with Gasteiger partial charge in [-0.1, -0.05) is 83.5 Å². The minimum Gasteiger partial charge on any atom is -0.354 e. The molecular formula is C26H31ClN2. The number of hydrogen-bond acceptors (Lipinski definition) is 2. The lowest BCUT2D eigenvalue weighted by Crippen LogP contribution is -2.10. The van der Waals surface area contributed by atoms with E-state index < -0.39 is 0 Å². The van der Waals surface area contributed by atoms with Gasteiger partial charge in [0.25, 0.3) is 0 Å². The summed E-state index contributed by atoms with van der Waals surface area (Å²) >= 11 is 6.69. The molecule has 0 radical (unpaired) electrons. The largest absolute Gasteiger partial charge is 0.354 e. The number of benzene rings is 3. The van der Waals surface area contributed by atoms with Gasteiger partial charge in [0.2, 0.25) is 0 Å². The molecule has 2 nitrogen and oxygen atoms in total. The lowest BCUT2D eigenvalue weighted by Gasteiger charge is -2.20. The Balaban J connectivity index is 1.77. The summed E-state index contributed by atoms with van der Waals surface area (Å²) in [6, 6.07) is 23.0. The Morgan fingerprint density at radius 3 is 1.21 bits per heavy atom. The molecule has 2 N–H and O–H groups in total. The van der Waals surface area contributed by atoms with Crippen LogP contribution in [0.25, 0.3) is 0 Å². The highest BCUT2D eigenvalue weighted by atomic mass is 35.5. The van der Waals surface area contributed by atoms with Crippen molar-refractivity contribution in [3.63, 3.8) is 0 Å². The van der Waals surface area contributed by atoms with E-state index >= 15 is 0 Å². The SMILES string of the molecule is CC(C)(C)c1ccc(Nc2cccc(Nc3ccc(C(C)(C)C)cc3)c2Cl)cc1. The summed E-state index contributed by atoms with van der Waals surface area (Å²) in [5.41, 5.74) is 6.70. The van der Waals surface area contributed by atoms with E-state index in [0.717, 1.165) is 22.7 Å². The maximum atomic E-state index is 6.69. The first-order chi connectivity index (χ1) is 13.5. The van der Waals surface area contributed by atoms with Crippen molar-refractivity contribution in [1.82, 2.24) is 0 Å². The highest BCUT2D eigenvalue weighted by Crippen LogP contribution is 2.35. The fraction of sp³-hybridized carbons (Fsp3) is 0.308. The van der Waals surface area contributed by atoms with Crippen LogP contribution in [-0.4, -0.2) is 0 Å². The Kier molecular flexibility index (Phi) is 5.95. The van der Waals surface area contributed by atoms with E-state index in [1.54, 1.807) is 0 Å². The number of rotatable bonds is 4. The number of halogens is 1. The van der Waals surface area contributed by atoms with Crippen molar-refractivity contribution < 1.29 is 0 Å². The van der Waals surface area contributed by atoms with Crippen LogP contribution in [-0.2, 0) is 10.8 Å². The summed E-state index contributed by atoms with van der Waals surface area (Å²) < 4.78 is 0. The molecular weight excluding hydrogens is 376 g/mol. The molecule has 0 unspecified atom stereocenters. The van der Waals surface area contributed by atoms with Gasteiger partial charge >= 0.3 is 0 Å². The monoisotopic (exact) mass is 406 g/mol. The van der Waals surface area contributed by atoms with E-state index in [0.29, 0.717) is 5.02 Å². The third-order valence-corrected chi connectivity index (χ3v) is 5.47. The van der Waals surface area contributed by atoms with E-state index in [4.69, 9.17) is 11.6 Å². The molecule has 0 fully saturated rings. The number of hydrogen-bond donors (Lipinski definition) is 2. The van der Waals surface area contributed by atoms with Crippen LogP contribution in [0.5, 0.6) is 0 Å². The summed E-state index contributed by atoms with van der Waals surface area (Å²) in [6.45, 7) is 13.3. The molecule has 0 bridgehead atoms. The molecule has 3 rings (SSSR count). The third-order valence-electron chi connectivity index (χ3n) is 5.06. The van der Waals surface area contributed by atoms with Crippen molar-refractivity contribution >= 4 is 34.4 Å². The van der Waals surface area contributed by atoms with Gasteiger partial charge in [-0.2, -0.15) is 0 Å². The highest BCUT2D eigenvalue weighted by Gasteiger charge is 2.14. The average molecular weight is 407 g/mol. The van der Waals surface area contributed by atoms with Crippen LogP contribution in [0.15, 0.2) is 66.7 Å². The first-order valence-corrected chi connectivity index (χ1v) is 10.5. The predicted octanol–water partition coefficient (Wildman–Crippen LogP) is 8.42. The lowest BCUT2D eigenvalue weighted by molar-refractivity contribution is 0.590. The van der Waals surface area contributed by atoms with Crippen LogP contribution >= 0.6 is 11.6 Å². The fourth-order valence-electron chi connectivity index (χ4n) is 3.14. The summed E-state index contributed by atoms with van der Waals surface area (Å²) in [7, 11) is 0. The van der Waals surface area contributed by atoms with Crippen LogP contribution in [0, 0.1) is 0 Å². The van der Waals surface area contributed by atoms with E-state index in [1.165, 1.54) is 11.1 Å². The van der Waals surface area contributed by atoms with Crippen LogP contribution in [0.3, 0.4) is 0 Å². The topological polar surface area (TPSA) is 24.1 Å². The third kappa shape index (κ3) is 5.33. The van der Waals surface area contributed by atoms with Crippen molar-refractivity contribution in [1.29, 1.82) is 0 Å². The molecule has 0 amide bonds. The second-order valence-corrected chi connectivity index (χ2v) is 9.95. The Hall–Kier alpha value is -2.45. The van der Waals surface area contributed by atoms with E-state index in [1.807, 2.05) is 18.2 Å². The number of anilines is 4. The minimum absolute atomic E-state index is 0.141. The second-order valence-electron chi connectivity index (χ2n) is 9.57. The normalized spacial score (nSPS) is 12.0. The zero-order valence-corrected chi connectivity index (χ0v) is 19.0. The Bertz CT molecular complexity index is 882. The van der Waals surface area contributed by atoms with Gasteiger partial charge in [0.1, 0.15) is 0 Å². The van der Waals surface area contributed by atoms with Crippen molar-refractivity contribution in [2.45, 2.75) is 52.4 Å². The zero-order chi connectivity index (χ0) is 21.2. The van der Waals surface area contributed by atoms with Crippen molar-refractivity contribution in [3.05, 3.63) is 82.9 Å². The summed E-state index contributed by atoms with van der Waals surface area (Å²) in [5.74, 6) is 0. The molecule has 152 valence electrons. The van der Waals surface area contributed by atoms with Gasteiger partial charge in [-0.05, 0) is 58.4 Å². The number of nitrogens with one attached hydrogen (secondary N) is 2. The van der Waals surface area contributed by atoms with Crippen LogP contribution in [0.4, 0.5) is 22.7 Å². The molecule has 0 aliphatic carbocycles. The summed E-state index contributed by atoms with van der Waals surface area (Å²) in [6.07, 6.45) is 0. The molecule has 0 saturated heterocycles. The van der Waals surface area contributed by atoms with E-state index in [-0.39, 0.29) is 10.8 Å². The molecule has 0 aromatic heterocycles. The molecule has 0 atom stereocenters. The van der Waals surface area contributed by atoms with Crippen LogP contribution in [0.1, 0.15) is 52.7 Å². The molecule has 0 spiro atoms. The standard InChI is InChI=1S/C26H31ClN2/c1-25(2,3)18-10-14-20(15-11-18)28-22-8-7-9-23(24(22)27)29-21-16-12-19(13-17-21)26(4,5)6/h7-17,28-29H,1-6H3. The van der Waals surface area contributed by atoms with Gasteiger partial charge < -0.3 is 10.6 Å². The molecule has 0 aliphatic rings. The highest BCUT2D eigenvalue weighted by molar-refractivity contribution is 6.36. The molecule has 3 aromatic rings. The fourth-order valence-corrected chi connectivity index (χ4v) is 3.36. The van der Waals surface area contributed by atoms with Gasteiger partial charge in [-0.15, -0.1) is 0 Å². The van der Waals surface area contributed by atoms with Crippen LogP contribution in [0.2, 0.25) is 5.02 Å². The lowest BCUT2D eigenvalue weighted by atomic mass is 9.87. The quantitative estimate of drug-likeness (QED) is 0.454. The Labute approximate surface area is 180 Å². The van der Waals surface area contributed by atoms with Gasteiger partial charge in [0, 0.05) is 11.4 Å². The van der Waals surface area contributed by atoms with E-state index in [2.05, 4.69) is 101 Å². The van der Waals surface area contributed by atoms with E-state index in [9.17, 15) is 0 Å². The first kappa shape index (κ1) is 21.3. The maximum absolute atomic E-state index is 6.69.